The van der Waals surface area contributed by atoms with Crippen LogP contribution in [0.3, 0.4) is 0 Å². The van der Waals surface area contributed by atoms with Crippen molar-refractivity contribution in [3.05, 3.63) is 53.6 Å². The van der Waals surface area contributed by atoms with Gasteiger partial charge >= 0.3 is 0 Å². The van der Waals surface area contributed by atoms with E-state index < -0.39 is 0 Å². The van der Waals surface area contributed by atoms with Gasteiger partial charge in [-0.15, -0.1) is 0 Å². The Balaban J connectivity index is 2.23. The number of anilines is 1. The minimum absolute atomic E-state index is 0.125. The summed E-state index contributed by atoms with van der Waals surface area (Å²) < 4.78 is 0. The first-order valence-corrected chi connectivity index (χ1v) is 6.64. The van der Waals surface area contributed by atoms with Crippen molar-refractivity contribution >= 4 is 11.6 Å². The van der Waals surface area contributed by atoms with Crippen LogP contribution in [0.4, 0.5) is 5.69 Å². The molecule has 0 fully saturated rings. The van der Waals surface area contributed by atoms with Gasteiger partial charge in [-0.2, -0.15) is 0 Å². The highest BCUT2D eigenvalue weighted by Crippen LogP contribution is 2.39. The van der Waals surface area contributed by atoms with Crippen molar-refractivity contribution in [3.63, 3.8) is 0 Å². The van der Waals surface area contributed by atoms with Crippen LogP contribution in [0.15, 0.2) is 42.5 Å². The Labute approximate surface area is 113 Å². The molecule has 1 amide bonds. The SMILES string of the molecule is CC(=O)N1CCc2cc(C)cc(-c3ccccc3)c21. The van der Waals surface area contributed by atoms with Crippen molar-refractivity contribution in [1.29, 1.82) is 0 Å². The number of aryl methyl sites for hydroxylation is 1. The first-order chi connectivity index (χ1) is 9.16. The van der Waals surface area contributed by atoms with Crippen LogP contribution in [0, 0.1) is 6.92 Å². The lowest BCUT2D eigenvalue weighted by atomic mass is 9.97. The molecule has 1 aliphatic heterocycles. The molecule has 0 saturated carbocycles. The highest BCUT2D eigenvalue weighted by atomic mass is 16.2. The molecule has 0 spiro atoms. The van der Waals surface area contributed by atoms with Crippen LogP contribution in [0.2, 0.25) is 0 Å². The second-order valence-electron chi connectivity index (χ2n) is 5.11. The molecule has 0 unspecified atom stereocenters. The zero-order valence-electron chi connectivity index (χ0n) is 11.3. The Morgan fingerprint density at radius 2 is 1.89 bits per heavy atom. The fourth-order valence-corrected chi connectivity index (χ4v) is 2.86. The van der Waals surface area contributed by atoms with Crippen LogP contribution in [0.5, 0.6) is 0 Å². The maximum atomic E-state index is 11.8. The lowest BCUT2D eigenvalue weighted by Crippen LogP contribution is -2.26. The normalized spacial score (nSPS) is 13.5. The van der Waals surface area contributed by atoms with E-state index in [4.69, 9.17) is 0 Å². The van der Waals surface area contributed by atoms with Crippen molar-refractivity contribution in [2.24, 2.45) is 0 Å². The highest BCUT2D eigenvalue weighted by molar-refractivity contribution is 5.99. The van der Waals surface area contributed by atoms with Gasteiger partial charge in [0, 0.05) is 19.0 Å². The van der Waals surface area contributed by atoms with Gasteiger partial charge in [-0.05, 0) is 30.5 Å². The molecule has 0 aliphatic carbocycles. The average molecular weight is 251 g/mol. The van der Waals surface area contributed by atoms with Crippen molar-refractivity contribution < 1.29 is 4.79 Å². The quantitative estimate of drug-likeness (QED) is 0.758. The number of hydrogen-bond donors (Lipinski definition) is 0. The summed E-state index contributed by atoms with van der Waals surface area (Å²) in [4.78, 5) is 13.7. The molecule has 96 valence electrons. The van der Waals surface area contributed by atoms with E-state index in [9.17, 15) is 4.79 Å². The van der Waals surface area contributed by atoms with E-state index in [0.29, 0.717) is 0 Å². The highest BCUT2D eigenvalue weighted by Gasteiger charge is 2.25. The zero-order chi connectivity index (χ0) is 13.4. The number of hydrogen-bond acceptors (Lipinski definition) is 1. The van der Waals surface area contributed by atoms with Gasteiger partial charge in [0.05, 0.1) is 5.69 Å². The van der Waals surface area contributed by atoms with Gasteiger partial charge < -0.3 is 4.90 Å². The summed E-state index contributed by atoms with van der Waals surface area (Å²) in [5, 5.41) is 0. The standard InChI is InChI=1S/C17H17NO/c1-12-10-15-8-9-18(13(2)19)17(15)16(11-12)14-6-4-3-5-7-14/h3-7,10-11H,8-9H2,1-2H3. The van der Waals surface area contributed by atoms with Gasteiger partial charge in [0.1, 0.15) is 0 Å². The van der Waals surface area contributed by atoms with E-state index in [0.717, 1.165) is 18.7 Å². The molecule has 0 radical (unpaired) electrons. The Bertz CT molecular complexity index is 631. The number of carbonyl (C=O) groups excluding carboxylic acids is 1. The first-order valence-electron chi connectivity index (χ1n) is 6.64. The smallest absolute Gasteiger partial charge is 0.223 e. The summed E-state index contributed by atoms with van der Waals surface area (Å²) in [5.74, 6) is 0.125. The van der Waals surface area contributed by atoms with Crippen molar-refractivity contribution in [3.8, 4) is 11.1 Å². The number of amides is 1. The molecule has 3 rings (SSSR count). The minimum Gasteiger partial charge on any atom is -0.311 e. The molecule has 2 aromatic carbocycles. The predicted molar refractivity (Wildman–Crippen MR) is 78.3 cm³/mol. The summed E-state index contributed by atoms with van der Waals surface area (Å²) >= 11 is 0. The average Bonchev–Trinajstić information content (AvgIpc) is 2.82. The molecular formula is C17H17NO. The number of benzene rings is 2. The van der Waals surface area contributed by atoms with Crippen LogP contribution >= 0.6 is 0 Å². The third-order valence-corrected chi connectivity index (χ3v) is 3.67. The molecule has 1 aliphatic rings. The molecule has 0 aromatic heterocycles. The second kappa shape index (κ2) is 4.54. The monoisotopic (exact) mass is 251 g/mol. The summed E-state index contributed by atoms with van der Waals surface area (Å²) in [5.41, 5.74) is 5.99. The van der Waals surface area contributed by atoms with Gasteiger partial charge in [-0.25, -0.2) is 0 Å². The Kier molecular flexibility index (Phi) is 2.86. The van der Waals surface area contributed by atoms with Gasteiger partial charge in [0.2, 0.25) is 5.91 Å². The van der Waals surface area contributed by atoms with Gasteiger partial charge in [-0.3, -0.25) is 4.79 Å². The fraction of sp³-hybridized carbons (Fsp3) is 0.235. The van der Waals surface area contributed by atoms with E-state index in [1.807, 2.05) is 23.1 Å². The van der Waals surface area contributed by atoms with Gasteiger partial charge in [0.15, 0.2) is 0 Å². The minimum atomic E-state index is 0.125. The topological polar surface area (TPSA) is 20.3 Å². The fourth-order valence-electron chi connectivity index (χ4n) is 2.86. The molecule has 2 aromatic rings. The maximum Gasteiger partial charge on any atom is 0.223 e. The van der Waals surface area contributed by atoms with Crippen LogP contribution in [0.1, 0.15) is 18.1 Å². The number of fused-ring (bicyclic) bond motifs is 1. The number of carbonyl (C=O) groups is 1. The van der Waals surface area contributed by atoms with E-state index in [2.05, 4.69) is 31.2 Å². The van der Waals surface area contributed by atoms with E-state index in [1.54, 1.807) is 6.92 Å². The maximum absolute atomic E-state index is 11.8. The largest absolute Gasteiger partial charge is 0.311 e. The second-order valence-corrected chi connectivity index (χ2v) is 5.11. The number of nitrogens with zero attached hydrogens (tertiary/aromatic N) is 1. The lowest BCUT2D eigenvalue weighted by molar-refractivity contribution is -0.116. The molecule has 2 nitrogen and oxygen atoms in total. The molecule has 1 heterocycles. The lowest BCUT2D eigenvalue weighted by Gasteiger charge is -2.19. The van der Waals surface area contributed by atoms with Crippen molar-refractivity contribution in [2.45, 2.75) is 20.3 Å². The Hall–Kier alpha value is -2.09. The van der Waals surface area contributed by atoms with E-state index in [-0.39, 0.29) is 5.91 Å². The summed E-state index contributed by atoms with van der Waals surface area (Å²) in [7, 11) is 0. The van der Waals surface area contributed by atoms with Gasteiger partial charge in [0.25, 0.3) is 0 Å². The van der Waals surface area contributed by atoms with Crippen LogP contribution in [-0.4, -0.2) is 12.5 Å². The van der Waals surface area contributed by atoms with Gasteiger partial charge in [-0.1, -0.05) is 42.0 Å². The molecular weight excluding hydrogens is 234 g/mol. The molecule has 0 saturated heterocycles. The van der Waals surface area contributed by atoms with Crippen molar-refractivity contribution in [2.75, 3.05) is 11.4 Å². The van der Waals surface area contributed by atoms with Crippen LogP contribution in [-0.2, 0) is 11.2 Å². The molecule has 0 N–H and O–H groups in total. The zero-order valence-corrected chi connectivity index (χ0v) is 11.3. The van der Waals surface area contributed by atoms with Crippen molar-refractivity contribution in [1.82, 2.24) is 0 Å². The third kappa shape index (κ3) is 2.03. The number of rotatable bonds is 1. The molecule has 0 atom stereocenters. The Morgan fingerprint density at radius 3 is 2.58 bits per heavy atom. The molecule has 2 heteroatoms. The van der Waals surface area contributed by atoms with E-state index in [1.165, 1.54) is 22.3 Å². The summed E-state index contributed by atoms with van der Waals surface area (Å²) in [6.07, 6.45) is 0.955. The molecule has 0 bridgehead atoms. The Morgan fingerprint density at radius 1 is 1.16 bits per heavy atom. The van der Waals surface area contributed by atoms with Crippen LogP contribution < -0.4 is 4.90 Å². The molecule has 19 heavy (non-hydrogen) atoms. The van der Waals surface area contributed by atoms with Crippen LogP contribution in [0.25, 0.3) is 11.1 Å². The van der Waals surface area contributed by atoms with E-state index >= 15 is 0 Å². The first kappa shape index (κ1) is 12.0. The summed E-state index contributed by atoms with van der Waals surface area (Å²) in [6, 6.07) is 14.7. The third-order valence-electron chi connectivity index (χ3n) is 3.67. The summed E-state index contributed by atoms with van der Waals surface area (Å²) in [6.45, 7) is 4.56. The predicted octanol–water partition coefficient (Wildman–Crippen LogP) is 3.57.